The molecule has 1 aromatic carbocycles. The second-order valence-corrected chi connectivity index (χ2v) is 22.0. The van der Waals surface area contributed by atoms with Crippen molar-refractivity contribution in [2.24, 2.45) is 12.5 Å². The zero-order chi connectivity index (χ0) is 32.0. The second kappa shape index (κ2) is 12.4. The fraction of sp³-hybridized carbons (Fsp3) is 0.469. The van der Waals surface area contributed by atoms with Crippen molar-refractivity contribution >= 4 is 54.6 Å². The summed E-state index contributed by atoms with van der Waals surface area (Å²) in [6, 6.07) is 8.24. The molecule has 0 unspecified atom stereocenters. The second-order valence-electron chi connectivity index (χ2n) is 13.8. The Labute approximate surface area is 273 Å². The number of aromatic nitrogens is 3. The lowest BCUT2D eigenvalue weighted by Gasteiger charge is -2.44. The number of halogens is 1. The minimum atomic E-state index is -1.53. The number of hydrogen-bond donors (Lipinski definition) is 2. The first-order valence-electron chi connectivity index (χ1n) is 14.8. The van der Waals surface area contributed by atoms with E-state index in [-0.39, 0.29) is 22.8 Å². The van der Waals surface area contributed by atoms with Crippen molar-refractivity contribution in [3.8, 4) is 11.5 Å². The minimum Gasteiger partial charge on any atom is -0.598 e. The standard InChI is InChI=1S/C32H41ClN6O2S2Si/c1-31(2,3)43(41)37-27-23-18-21(11-17-44(5,6)7)8-9-22(23)19-32(27)12-15-39(16-13-32)30-36-20-25(29(40)38(30)4)42-24-10-14-35-28(34)26(24)33/h8-10,14,18,20,27,37H,12-13,15-16,19H2,1-7H3,(H2,34,35)/t27-,43-/m1/s1. The number of anilines is 2. The maximum Gasteiger partial charge on any atom is 0.268 e. The third kappa shape index (κ3) is 6.86. The Morgan fingerprint density at radius 2 is 1.89 bits per heavy atom. The van der Waals surface area contributed by atoms with E-state index in [0.29, 0.717) is 20.8 Å². The highest BCUT2D eigenvalue weighted by Crippen LogP contribution is 2.53. The van der Waals surface area contributed by atoms with Crippen LogP contribution in [-0.4, -0.2) is 45.0 Å². The Bertz CT molecular complexity index is 1680. The highest BCUT2D eigenvalue weighted by molar-refractivity contribution is 7.99. The molecule has 0 radical (unpaired) electrons. The minimum absolute atomic E-state index is 0.0542. The van der Waals surface area contributed by atoms with E-state index >= 15 is 0 Å². The first kappa shape index (κ1) is 32.9. The predicted molar refractivity (Wildman–Crippen MR) is 185 cm³/mol. The molecular weight excluding hydrogens is 628 g/mol. The topological polar surface area (TPSA) is 112 Å². The van der Waals surface area contributed by atoms with Crippen LogP contribution in [0.3, 0.4) is 0 Å². The van der Waals surface area contributed by atoms with Gasteiger partial charge in [-0.3, -0.25) is 9.36 Å². The maximum absolute atomic E-state index is 13.5. The number of benzene rings is 1. The van der Waals surface area contributed by atoms with E-state index in [4.69, 9.17) is 22.3 Å². The highest BCUT2D eigenvalue weighted by Gasteiger charge is 2.50. The lowest BCUT2D eigenvalue weighted by molar-refractivity contribution is 0.175. The van der Waals surface area contributed by atoms with E-state index in [0.717, 1.165) is 37.9 Å². The summed E-state index contributed by atoms with van der Waals surface area (Å²) in [6.45, 7) is 14.2. The number of hydrogen-bond acceptors (Lipinski definition) is 8. The van der Waals surface area contributed by atoms with Crippen LogP contribution in [0.4, 0.5) is 11.8 Å². The molecule has 3 N–H and O–H groups in total. The smallest absolute Gasteiger partial charge is 0.268 e. The van der Waals surface area contributed by atoms with Crippen molar-refractivity contribution in [3.05, 3.63) is 68.7 Å². The van der Waals surface area contributed by atoms with E-state index in [2.05, 4.69) is 63.9 Å². The van der Waals surface area contributed by atoms with Gasteiger partial charge in [-0.2, -0.15) is 0 Å². The SMILES string of the molecule is Cn1c(N2CCC3(CC2)Cc2ccc(C#C[Si](C)(C)C)cc2[C@H]3N[S@+]([O-])C(C)(C)C)ncc(Sc2ccnc(N)c2Cl)c1=O. The summed E-state index contributed by atoms with van der Waals surface area (Å²) < 4.78 is 18.2. The van der Waals surface area contributed by atoms with Crippen LogP contribution in [0, 0.1) is 16.9 Å². The van der Waals surface area contributed by atoms with Gasteiger partial charge in [0.15, 0.2) is 0 Å². The number of rotatable bonds is 5. The quantitative estimate of drug-likeness (QED) is 0.202. The number of nitrogens with zero attached hydrogens (tertiary/aromatic N) is 4. The van der Waals surface area contributed by atoms with Crippen LogP contribution < -0.4 is 20.9 Å². The lowest BCUT2D eigenvalue weighted by Crippen LogP contribution is -2.50. The van der Waals surface area contributed by atoms with Crippen LogP contribution in [0.25, 0.3) is 0 Å². The highest BCUT2D eigenvalue weighted by atomic mass is 35.5. The van der Waals surface area contributed by atoms with Gasteiger partial charge in [-0.05, 0) is 69.4 Å². The largest absolute Gasteiger partial charge is 0.598 e. The van der Waals surface area contributed by atoms with Gasteiger partial charge in [0.2, 0.25) is 5.95 Å². The number of pyridine rings is 1. The Hall–Kier alpha value is -2.46. The molecule has 2 aliphatic rings. The van der Waals surface area contributed by atoms with Crippen molar-refractivity contribution in [2.45, 2.75) is 80.3 Å². The molecule has 0 bridgehead atoms. The van der Waals surface area contributed by atoms with Crippen LogP contribution in [0.1, 0.15) is 56.3 Å². The van der Waals surface area contributed by atoms with Crippen molar-refractivity contribution < 1.29 is 4.55 Å². The summed E-state index contributed by atoms with van der Waals surface area (Å²) >= 11 is 6.32. The van der Waals surface area contributed by atoms with Crippen molar-refractivity contribution in [2.75, 3.05) is 23.7 Å². The molecule has 1 spiro atoms. The number of nitrogens with two attached hydrogens (primary N) is 1. The van der Waals surface area contributed by atoms with E-state index in [1.165, 1.54) is 22.9 Å². The zero-order valence-corrected chi connectivity index (χ0v) is 29.8. The lowest BCUT2D eigenvalue weighted by atomic mass is 9.73. The van der Waals surface area contributed by atoms with E-state index in [9.17, 15) is 9.35 Å². The Balaban J connectivity index is 1.40. The van der Waals surface area contributed by atoms with Gasteiger partial charge in [-0.25, -0.2) is 9.97 Å². The van der Waals surface area contributed by atoms with Gasteiger partial charge in [0.05, 0.1) is 22.2 Å². The monoisotopic (exact) mass is 668 g/mol. The third-order valence-corrected chi connectivity index (χ3v) is 12.2. The Morgan fingerprint density at radius 3 is 2.55 bits per heavy atom. The molecule has 5 rings (SSSR count). The van der Waals surface area contributed by atoms with Gasteiger partial charge in [-0.1, -0.05) is 55.0 Å². The molecule has 8 nitrogen and oxygen atoms in total. The first-order chi connectivity index (χ1) is 20.6. The third-order valence-electron chi connectivity index (χ3n) is 8.23. The number of nitrogens with one attached hydrogen (secondary N) is 1. The Kier molecular flexibility index (Phi) is 9.26. The van der Waals surface area contributed by atoms with Crippen LogP contribution in [-0.2, 0) is 24.8 Å². The van der Waals surface area contributed by atoms with E-state index < -0.39 is 24.2 Å². The number of nitrogen functional groups attached to an aromatic ring is 1. The van der Waals surface area contributed by atoms with Gasteiger partial charge >= 0.3 is 0 Å². The Morgan fingerprint density at radius 1 is 1.18 bits per heavy atom. The van der Waals surface area contributed by atoms with Gasteiger partial charge in [0.1, 0.15) is 18.6 Å². The molecule has 44 heavy (non-hydrogen) atoms. The van der Waals surface area contributed by atoms with Crippen molar-refractivity contribution in [1.82, 2.24) is 19.3 Å². The molecule has 234 valence electrons. The fourth-order valence-electron chi connectivity index (χ4n) is 5.78. The van der Waals surface area contributed by atoms with Crippen LogP contribution in [0.15, 0.2) is 51.2 Å². The van der Waals surface area contributed by atoms with E-state index in [1.54, 1.807) is 30.1 Å². The van der Waals surface area contributed by atoms with Crippen LogP contribution in [0.5, 0.6) is 0 Å². The van der Waals surface area contributed by atoms with Crippen LogP contribution >= 0.6 is 23.4 Å². The molecule has 2 aromatic heterocycles. The first-order valence-corrected chi connectivity index (χ1v) is 20.7. The normalized spacial score (nSPS) is 18.6. The fourth-order valence-corrected chi connectivity index (χ4v) is 8.36. The molecule has 12 heteroatoms. The van der Waals surface area contributed by atoms with Crippen molar-refractivity contribution in [1.29, 1.82) is 0 Å². The van der Waals surface area contributed by atoms with Gasteiger partial charge < -0.3 is 15.2 Å². The molecule has 1 aliphatic heterocycles. The average Bonchev–Trinajstić information content (AvgIpc) is 3.24. The molecule has 0 amide bonds. The van der Waals surface area contributed by atoms with Gasteiger partial charge in [0.25, 0.3) is 5.56 Å². The summed E-state index contributed by atoms with van der Waals surface area (Å²) in [5.41, 5.74) is 12.6. The molecule has 3 aromatic rings. The molecule has 1 saturated heterocycles. The summed E-state index contributed by atoms with van der Waals surface area (Å²) in [5, 5.41) is 0.327. The van der Waals surface area contributed by atoms with E-state index in [1.807, 2.05) is 20.8 Å². The summed E-state index contributed by atoms with van der Waals surface area (Å²) in [6.07, 6.45) is 5.84. The molecule has 2 atom stereocenters. The van der Waals surface area contributed by atoms with Gasteiger partial charge in [-0.15, -0.1) is 10.3 Å². The summed E-state index contributed by atoms with van der Waals surface area (Å²) in [7, 11) is 0.232. The molecular formula is C32H41ClN6O2S2Si. The molecule has 3 heterocycles. The molecule has 1 fully saturated rings. The predicted octanol–water partition coefficient (Wildman–Crippen LogP) is 5.73. The maximum atomic E-state index is 13.5. The molecule has 0 saturated carbocycles. The average molecular weight is 669 g/mol. The van der Waals surface area contributed by atoms with Crippen LogP contribution in [0.2, 0.25) is 24.7 Å². The van der Waals surface area contributed by atoms with Gasteiger partial charge in [0, 0.05) is 53.6 Å². The number of piperidine rings is 1. The van der Waals surface area contributed by atoms with Crippen molar-refractivity contribution in [3.63, 3.8) is 0 Å². The number of fused-ring (bicyclic) bond motifs is 1. The zero-order valence-electron chi connectivity index (χ0n) is 26.5. The summed E-state index contributed by atoms with van der Waals surface area (Å²) in [5.74, 6) is 4.28. The molecule has 1 aliphatic carbocycles. The summed E-state index contributed by atoms with van der Waals surface area (Å²) in [4.78, 5) is 25.4.